The molecule has 0 spiro atoms. The number of halogens is 1. The molecular formula is C18H18ClNO4. The zero-order valence-electron chi connectivity index (χ0n) is 13.5. The Kier molecular flexibility index (Phi) is 4.81. The second-order valence-corrected chi connectivity index (χ2v) is 6.01. The highest BCUT2D eigenvalue weighted by Crippen LogP contribution is 2.34. The molecule has 0 saturated heterocycles. The molecule has 0 bridgehead atoms. The number of aryl methyl sites for hydroxylation is 1. The number of benzene rings is 2. The van der Waals surface area contributed by atoms with Crippen molar-refractivity contribution in [1.29, 1.82) is 0 Å². The fraction of sp³-hybridized carbons (Fsp3) is 0.278. The van der Waals surface area contributed by atoms with Crippen LogP contribution in [0.2, 0.25) is 5.02 Å². The number of carbonyl (C=O) groups excluding carboxylic acids is 1. The van der Waals surface area contributed by atoms with Crippen molar-refractivity contribution < 1.29 is 19.0 Å². The lowest BCUT2D eigenvalue weighted by Gasteiger charge is -2.15. The summed E-state index contributed by atoms with van der Waals surface area (Å²) in [5.41, 5.74) is 1.85. The second kappa shape index (κ2) is 7.01. The molecule has 0 aliphatic carbocycles. The lowest BCUT2D eigenvalue weighted by Crippen LogP contribution is -2.31. The van der Waals surface area contributed by atoms with E-state index in [0.29, 0.717) is 16.5 Å². The first-order chi connectivity index (χ1) is 11.5. The molecule has 1 amide bonds. The average molecular weight is 348 g/mol. The number of amides is 1. The Morgan fingerprint density at radius 1 is 1.25 bits per heavy atom. The van der Waals surface area contributed by atoms with E-state index in [1.165, 1.54) is 0 Å². The minimum atomic E-state index is -0.201. The van der Waals surface area contributed by atoms with E-state index >= 15 is 0 Å². The van der Waals surface area contributed by atoms with Crippen LogP contribution in [0.25, 0.3) is 0 Å². The van der Waals surface area contributed by atoms with Crippen LogP contribution in [0.3, 0.4) is 0 Å². The zero-order chi connectivity index (χ0) is 17.1. The lowest BCUT2D eigenvalue weighted by molar-refractivity contribution is -0.123. The Balaban J connectivity index is 1.55. The maximum atomic E-state index is 12.1. The molecule has 1 aliphatic heterocycles. The predicted molar refractivity (Wildman–Crippen MR) is 90.8 cm³/mol. The predicted octanol–water partition coefficient (Wildman–Crippen LogP) is 3.63. The van der Waals surface area contributed by atoms with Crippen LogP contribution < -0.4 is 19.5 Å². The number of fused-ring (bicyclic) bond motifs is 1. The van der Waals surface area contributed by atoms with E-state index in [-0.39, 0.29) is 25.3 Å². The van der Waals surface area contributed by atoms with Crippen LogP contribution in [-0.2, 0) is 4.79 Å². The standard InChI is InChI=1S/C18H18ClNO4/c1-11-7-14(4-5-15(11)19)22-9-18(21)20-12(2)13-3-6-16-17(8-13)24-10-23-16/h3-8,12H,9-10H2,1-2H3,(H,20,21)/t12-/m0/s1. The number of nitrogens with one attached hydrogen (secondary N) is 1. The van der Waals surface area contributed by atoms with Crippen molar-refractivity contribution in [2.75, 3.05) is 13.4 Å². The maximum Gasteiger partial charge on any atom is 0.258 e. The SMILES string of the molecule is Cc1cc(OCC(=O)N[C@@H](C)c2ccc3c(c2)OCO3)ccc1Cl. The molecule has 5 nitrogen and oxygen atoms in total. The van der Waals surface area contributed by atoms with Gasteiger partial charge in [0.15, 0.2) is 18.1 Å². The molecule has 2 aromatic carbocycles. The number of ether oxygens (including phenoxy) is 3. The van der Waals surface area contributed by atoms with E-state index in [1.807, 2.05) is 32.0 Å². The Morgan fingerprint density at radius 3 is 2.83 bits per heavy atom. The highest BCUT2D eigenvalue weighted by Gasteiger charge is 2.17. The molecule has 1 aliphatic rings. The van der Waals surface area contributed by atoms with Gasteiger partial charge < -0.3 is 19.5 Å². The first-order valence-corrected chi connectivity index (χ1v) is 7.98. The molecule has 126 valence electrons. The van der Waals surface area contributed by atoms with Gasteiger partial charge in [-0.1, -0.05) is 17.7 Å². The van der Waals surface area contributed by atoms with Gasteiger partial charge in [0.1, 0.15) is 5.75 Å². The lowest BCUT2D eigenvalue weighted by atomic mass is 10.1. The Morgan fingerprint density at radius 2 is 2.04 bits per heavy atom. The van der Waals surface area contributed by atoms with Gasteiger partial charge in [-0.3, -0.25) is 4.79 Å². The Bertz CT molecular complexity index is 763. The molecule has 0 fully saturated rings. The summed E-state index contributed by atoms with van der Waals surface area (Å²) in [6, 6.07) is 10.7. The van der Waals surface area contributed by atoms with Gasteiger partial charge in [-0.15, -0.1) is 0 Å². The first-order valence-electron chi connectivity index (χ1n) is 7.61. The Hall–Kier alpha value is -2.40. The molecule has 2 aromatic rings. The van der Waals surface area contributed by atoms with Gasteiger partial charge in [-0.25, -0.2) is 0 Å². The molecule has 0 saturated carbocycles. The highest BCUT2D eigenvalue weighted by atomic mass is 35.5. The van der Waals surface area contributed by atoms with Crippen molar-refractivity contribution in [3.63, 3.8) is 0 Å². The van der Waals surface area contributed by atoms with Gasteiger partial charge in [0, 0.05) is 5.02 Å². The van der Waals surface area contributed by atoms with Crippen molar-refractivity contribution in [3.05, 3.63) is 52.5 Å². The summed E-state index contributed by atoms with van der Waals surface area (Å²) in [6.07, 6.45) is 0. The molecule has 0 unspecified atom stereocenters. The van der Waals surface area contributed by atoms with Crippen LogP contribution in [0.15, 0.2) is 36.4 Å². The highest BCUT2D eigenvalue weighted by molar-refractivity contribution is 6.31. The summed E-state index contributed by atoms with van der Waals surface area (Å²) in [7, 11) is 0. The van der Waals surface area contributed by atoms with E-state index in [2.05, 4.69) is 5.32 Å². The minimum absolute atomic E-state index is 0.0596. The quantitative estimate of drug-likeness (QED) is 0.897. The summed E-state index contributed by atoms with van der Waals surface area (Å²) in [6.45, 7) is 3.96. The van der Waals surface area contributed by atoms with Crippen molar-refractivity contribution in [2.45, 2.75) is 19.9 Å². The summed E-state index contributed by atoms with van der Waals surface area (Å²) in [5, 5.41) is 3.57. The van der Waals surface area contributed by atoms with Gasteiger partial charge in [-0.2, -0.15) is 0 Å². The van der Waals surface area contributed by atoms with E-state index in [9.17, 15) is 4.79 Å². The summed E-state index contributed by atoms with van der Waals surface area (Å²) >= 11 is 5.97. The minimum Gasteiger partial charge on any atom is -0.484 e. The smallest absolute Gasteiger partial charge is 0.258 e. The molecule has 1 heterocycles. The zero-order valence-corrected chi connectivity index (χ0v) is 14.2. The normalized spacial score (nSPS) is 13.5. The van der Waals surface area contributed by atoms with E-state index in [4.69, 9.17) is 25.8 Å². The molecule has 0 radical (unpaired) electrons. The van der Waals surface area contributed by atoms with Crippen LogP contribution in [0.1, 0.15) is 24.1 Å². The van der Waals surface area contributed by atoms with Crippen molar-refractivity contribution in [1.82, 2.24) is 5.32 Å². The van der Waals surface area contributed by atoms with Gasteiger partial charge in [0.05, 0.1) is 6.04 Å². The van der Waals surface area contributed by atoms with Crippen LogP contribution in [0.4, 0.5) is 0 Å². The fourth-order valence-corrected chi connectivity index (χ4v) is 2.52. The molecule has 3 rings (SSSR count). The third-order valence-corrected chi connectivity index (χ3v) is 4.20. The molecule has 0 aromatic heterocycles. The van der Waals surface area contributed by atoms with E-state index in [0.717, 1.165) is 16.9 Å². The molecule has 1 atom stereocenters. The molecule has 6 heteroatoms. The molecule has 1 N–H and O–H groups in total. The number of hydrogen-bond donors (Lipinski definition) is 1. The second-order valence-electron chi connectivity index (χ2n) is 5.60. The van der Waals surface area contributed by atoms with E-state index in [1.54, 1.807) is 18.2 Å². The van der Waals surface area contributed by atoms with Crippen molar-refractivity contribution in [3.8, 4) is 17.2 Å². The van der Waals surface area contributed by atoms with Gasteiger partial charge in [-0.05, 0) is 55.3 Å². The number of hydrogen-bond acceptors (Lipinski definition) is 4. The van der Waals surface area contributed by atoms with Crippen LogP contribution in [0, 0.1) is 6.92 Å². The Labute approximate surface area is 145 Å². The van der Waals surface area contributed by atoms with Crippen LogP contribution in [-0.4, -0.2) is 19.3 Å². The van der Waals surface area contributed by atoms with Crippen LogP contribution >= 0.6 is 11.6 Å². The summed E-state index contributed by atoms with van der Waals surface area (Å²) in [5.74, 6) is 1.83. The fourth-order valence-electron chi connectivity index (χ4n) is 2.40. The third kappa shape index (κ3) is 3.74. The van der Waals surface area contributed by atoms with Crippen LogP contribution in [0.5, 0.6) is 17.2 Å². The maximum absolute atomic E-state index is 12.1. The first kappa shape index (κ1) is 16.5. The monoisotopic (exact) mass is 347 g/mol. The summed E-state index contributed by atoms with van der Waals surface area (Å²) in [4.78, 5) is 12.1. The van der Waals surface area contributed by atoms with Crippen molar-refractivity contribution >= 4 is 17.5 Å². The molecule has 24 heavy (non-hydrogen) atoms. The van der Waals surface area contributed by atoms with Gasteiger partial charge >= 0.3 is 0 Å². The number of rotatable bonds is 5. The van der Waals surface area contributed by atoms with Crippen molar-refractivity contribution in [2.24, 2.45) is 0 Å². The number of carbonyl (C=O) groups is 1. The van der Waals surface area contributed by atoms with E-state index < -0.39 is 0 Å². The molecular weight excluding hydrogens is 330 g/mol. The van der Waals surface area contributed by atoms with Gasteiger partial charge in [0.25, 0.3) is 5.91 Å². The average Bonchev–Trinajstić information content (AvgIpc) is 3.03. The summed E-state index contributed by atoms with van der Waals surface area (Å²) < 4.78 is 16.1. The topological polar surface area (TPSA) is 56.8 Å². The third-order valence-electron chi connectivity index (χ3n) is 3.77. The van der Waals surface area contributed by atoms with Gasteiger partial charge in [0.2, 0.25) is 6.79 Å². The largest absolute Gasteiger partial charge is 0.484 e.